The van der Waals surface area contributed by atoms with Gasteiger partial charge in [-0.1, -0.05) is 18.5 Å². The number of nitrogens with zero attached hydrogens (tertiary/aromatic N) is 1. The lowest BCUT2D eigenvalue weighted by Gasteiger charge is -2.26. The number of halogens is 3. The molecule has 0 saturated carbocycles. The number of likely N-dealkylation sites (tertiary alicyclic amines) is 1. The first-order valence-electron chi connectivity index (χ1n) is 7.05. The van der Waals surface area contributed by atoms with E-state index in [0.717, 1.165) is 19.5 Å². The molecule has 2 atom stereocenters. The molecule has 0 bridgehead atoms. The maximum absolute atomic E-state index is 13.0. The lowest BCUT2D eigenvalue weighted by atomic mass is 9.90. The molecule has 0 aliphatic carbocycles. The number of amides is 1. The van der Waals surface area contributed by atoms with Crippen molar-refractivity contribution < 1.29 is 9.18 Å². The Hall–Kier alpha value is -0.880. The first-order valence-corrected chi connectivity index (χ1v) is 7.42. The van der Waals surface area contributed by atoms with E-state index in [4.69, 9.17) is 17.3 Å². The largest absolute Gasteiger partial charge is 0.330 e. The fourth-order valence-electron chi connectivity index (χ4n) is 2.55. The third-order valence-corrected chi connectivity index (χ3v) is 4.51. The summed E-state index contributed by atoms with van der Waals surface area (Å²) in [6.07, 6.45) is 0.985. The Morgan fingerprint density at radius 2 is 2.27 bits per heavy atom. The molecule has 3 N–H and O–H groups in total. The summed E-state index contributed by atoms with van der Waals surface area (Å²) < 4.78 is 13.0. The number of benzene rings is 1. The van der Waals surface area contributed by atoms with Gasteiger partial charge in [-0.25, -0.2) is 4.39 Å². The van der Waals surface area contributed by atoms with Crippen molar-refractivity contribution in [2.45, 2.75) is 26.3 Å². The van der Waals surface area contributed by atoms with Crippen LogP contribution in [0.15, 0.2) is 18.2 Å². The Morgan fingerprint density at radius 3 is 2.82 bits per heavy atom. The van der Waals surface area contributed by atoms with Crippen LogP contribution in [0.4, 0.5) is 10.1 Å². The molecule has 1 heterocycles. The van der Waals surface area contributed by atoms with E-state index in [1.165, 1.54) is 18.2 Å². The summed E-state index contributed by atoms with van der Waals surface area (Å²) in [5.74, 6) is -0.575. The third kappa shape index (κ3) is 4.32. The topological polar surface area (TPSA) is 58.4 Å². The summed E-state index contributed by atoms with van der Waals surface area (Å²) in [5, 5.41) is 2.95. The molecule has 0 radical (unpaired) electrons. The lowest BCUT2D eigenvalue weighted by Crippen LogP contribution is -2.42. The molecule has 1 aliphatic heterocycles. The highest BCUT2D eigenvalue weighted by Gasteiger charge is 2.36. The van der Waals surface area contributed by atoms with Gasteiger partial charge in [-0.05, 0) is 50.0 Å². The number of hydrogen-bond donors (Lipinski definition) is 2. The van der Waals surface area contributed by atoms with E-state index in [2.05, 4.69) is 17.1 Å². The van der Waals surface area contributed by atoms with E-state index in [-0.39, 0.29) is 34.8 Å². The van der Waals surface area contributed by atoms with Gasteiger partial charge in [0.2, 0.25) is 5.91 Å². The van der Waals surface area contributed by atoms with Crippen molar-refractivity contribution in [2.24, 2.45) is 11.1 Å². The molecule has 1 saturated heterocycles. The Bertz CT molecular complexity index is 544. The Labute approximate surface area is 141 Å². The SMILES string of the molecule is CC(C(=O)Nc1ccc(F)cc1Cl)N1CCC(C)(CN)C1.Cl. The molecule has 1 aliphatic rings. The minimum Gasteiger partial charge on any atom is -0.330 e. The zero-order chi connectivity index (χ0) is 15.6. The second kappa shape index (κ2) is 7.59. The van der Waals surface area contributed by atoms with Crippen molar-refractivity contribution in [1.29, 1.82) is 0 Å². The molecule has 1 amide bonds. The van der Waals surface area contributed by atoms with Crippen LogP contribution in [0.3, 0.4) is 0 Å². The summed E-state index contributed by atoms with van der Waals surface area (Å²) in [5.41, 5.74) is 6.28. The van der Waals surface area contributed by atoms with Crippen LogP contribution in [-0.2, 0) is 4.79 Å². The van der Waals surface area contributed by atoms with Gasteiger partial charge in [0.25, 0.3) is 0 Å². The highest BCUT2D eigenvalue weighted by molar-refractivity contribution is 6.33. The molecule has 1 fully saturated rings. The molecule has 0 aromatic heterocycles. The van der Waals surface area contributed by atoms with Gasteiger partial charge in [0.05, 0.1) is 16.8 Å². The molecule has 0 spiro atoms. The zero-order valence-electron chi connectivity index (χ0n) is 12.7. The van der Waals surface area contributed by atoms with Crippen LogP contribution in [0.25, 0.3) is 0 Å². The smallest absolute Gasteiger partial charge is 0.241 e. The number of carbonyl (C=O) groups excluding carboxylic acids is 1. The van der Waals surface area contributed by atoms with Gasteiger partial charge in [0.1, 0.15) is 5.82 Å². The van der Waals surface area contributed by atoms with Gasteiger partial charge >= 0.3 is 0 Å². The fourth-order valence-corrected chi connectivity index (χ4v) is 2.77. The van der Waals surface area contributed by atoms with Crippen LogP contribution < -0.4 is 11.1 Å². The predicted molar refractivity (Wildman–Crippen MR) is 90.1 cm³/mol. The predicted octanol–water partition coefficient (Wildman–Crippen LogP) is 2.90. The first-order chi connectivity index (χ1) is 9.84. The average Bonchev–Trinajstić information content (AvgIpc) is 2.84. The van der Waals surface area contributed by atoms with Crippen LogP contribution in [0.1, 0.15) is 20.3 Å². The van der Waals surface area contributed by atoms with Crippen LogP contribution in [0.5, 0.6) is 0 Å². The third-order valence-electron chi connectivity index (χ3n) is 4.20. The van der Waals surface area contributed by atoms with Crippen LogP contribution >= 0.6 is 24.0 Å². The maximum Gasteiger partial charge on any atom is 0.241 e. The van der Waals surface area contributed by atoms with Gasteiger partial charge in [0, 0.05) is 6.54 Å². The molecule has 124 valence electrons. The Kier molecular flexibility index (Phi) is 6.62. The van der Waals surface area contributed by atoms with Gasteiger partial charge in [-0.3, -0.25) is 9.69 Å². The number of nitrogens with two attached hydrogens (primary N) is 1. The summed E-state index contributed by atoms with van der Waals surface area (Å²) >= 11 is 5.92. The number of rotatable bonds is 4. The van der Waals surface area contributed by atoms with E-state index >= 15 is 0 Å². The minimum atomic E-state index is -0.427. The molecule has 1 aromatic rings. The number of anilines is 1. The van der Waals surface area contributed by atoms with E-state index < -0.39 is 5.82 Å². The van der Waals surface area contributed by atoms with Crippen molar-refractivity contribution in [3.63, 3.8) is 0 Å². The van der Waals surface area contributed by atoms with Crippen molar-refractivity contribution in [1.82, 2.24) is 4.90 Å². The summed E-state index contributed by atoms with van der Waals surface area (Å²) in [6, 6.07) is 3.65. The second-order valence-corrected chi connectivity index (χ2v) is 6.43. The number of hydrogen-bond acceptors (Lipinski definition) is 3. The monoisotopic (exact) mass is 349 g/mol. The summed E-state index contributed by atoms with van der Waals surface area (Å²) in [7, 11) is 0. The van der Waals surface area contributed by atoms with Gasteiger partial charge in [-0.2, -0.15) is 0 Å². The molecule has 2 rings (SSSR count). The van der Waals surface area contributed by atoms with Crippen LogP contribution in [0.2, 0.25) is 5.02 Å². The molecule has 1 aromatic carbocycles. The van der Waals surface area contributed by atoms with E-state index in [0.29, 0.717) is 12.2 Å². The van der Waals surface area contributed by atoms with E-state index in [9.17, 15) is 9.18 Å². The zero-order valence-corrected chi connectivity index (χ0v) is 14.3. The van der Waals surface area contributed by atoms with Gasteiger partial charge in [0.15, 0.2) is 0 Å². The van der Waals surface area contributed by atoms with Crippen LogP contribution in [0, 0.1) is 11.2 Å². The van der Waals surface area contributed by atoms with Gasteiger partial charge < -0.3 is 11.1 Å². The average molecular weight is 350 g/mol. The molecule has 2 unspecified atom stereocenters. The van der Waals surface area contributed by atoms with Crippen LogP contribution in [-0.4, -0.2) is 36.5 Å². The highest BCUT2D eigenvalue weighted by atomic mass is 35.5. The lowest BCUT2D eigenvalue weighted by molar-refractivity contribution is -0.120. The summed E-state index contributed by atoms with van der Waals surface area (Å²) in [4.78, 5) is 14.4. The van der Waals surface area contributed by atoms with Crippen molar-refractivity contribution in [2.75, 3.05) is 25.0 Å². The standard InChI is InChI=1S/C15H21ClFN3O.ClH/c1-10(20-6-5-15(2,8-18)9-20)14(21)19-13-4-3-11(17)7-12(13)16;/h3-4,7,10H,5-6,8-9,18H2,1-2H3,(H,19,21);1H. The molecule has 7 heteroatoms. The molecular formula is C15H22Cl2FN3O. The van der Waals surface area contributed by atoms with E-state index in [1.807, 2.05) is 6.92 Å². The fraction of sp³-hybridized carbons (Fsp3) is 0.533. The Morgan fingerprint density at radius 1 is 1.59 bits per heavy atom. The molecule has 22 heavy (non-hydrogen) atoms. The normalized spacial score (nSPS) is 23.0. The van der Waals surface area contributed by atoms with Crippen molar-refractivity contribution >= 4 is 35.6 Å². The Balaban J connectivity index is 0.00000242. The maximum atomic E-state index is 13.0. The quantitative estimate of drug-likeness (QED) is 0.878. The first kappa shape index (κ1) is 19.2. The number of carbonyl (C=O) groups is 1. The summed E-state index contributed by atoms with van der Waals surface area (Å²) in [6.45, 7) is 6.25. The van der Waals surface area contributed by atoms with E-state index in [1.54, 1.807) is 0 Å². The van der Waals surface area contributed by atoms with Crippen molar-refractivity contribution in [3.05, 3.63) is 29.0 Å². The molecule has 4 nitrogen and oxygen atoms in total. The highest BCUT2D eigenvalue weighted by Crippen LogP contribution is 2.30. The number of nitrogens with one attached hydrogen (secondary N) is 1. The molecular weight excluding hydrogens is 328 g/mol. The van der Waals surface area contributed by atoms with Crippen molar-refractivity contribution in [3.8, 4) is 0 Å². The minimum absolute atomic E-state index is 0. The van der Waals surface area contributed by atoms with Gasteiger partial charge in [-0.15, -0.1) is 12.4 Å². The second-order valence-electron chi connectivity index (χ2n) is 6.02.